The topological polar surface area (TPSA) is 40.6 Å². The lowest BCUT2D eigenvalue weighted by Gasteiger charge is -2.33. The maximum Gasteiger partial charge on any atom is 0.242 e. The highest BCUT2D eigenvalue weighted by atomic mass is 16.2. The van der Waals surface area contributed by atoms with E-state index in [1.807, 2.05) is 34.1 Å². The number of carbonyl (C=O) groups is 2. The molecule has 0 unspecified atom stereocenters. The Bertz CT molecular complexity index is 858. The highest BCUT2D eigenvalue weighted by molar-refractivity contribution is 5.86. The molecule has 1 heterocycles. The molecule has 2 aromatic rings. The number of nitrogens with zero attached hydrogens (tertiary/aromatic N) is 2. The number of amides is 2. The van der Waals surface area contributed by atoms with Crippen LogP contribution in [0.15, 0.2) is 54.6 Å². The minimum atomic E-state index is 0.0710. The minimum absolute atomic E-state index is 0.0710. The van der Waals surface area contributed by atoms with Crippen LogP contribution in [-0.4, -0.2) is 41.2 Å². The number of fused-ring (bicyclic) bond motifs is 1. The fourth-order valence-electron chi connectivity index (χ4n) is 4.76. The second kappa shape index (κ2) is 9.92. The summed E-state index contributed by atoms with van der Waals surface area (Å²) in [5.74, 6) is 0.336. The summed E-state index contributed by atoms with van der Waals surface area (Å²) < 4.78 is 0. The second-order valence-electron chi connectivity index (χ2n) is 8.66. The number of benzene rings is 2. The predicted octanol–water partition coefficient (Wildman–Crippen LogP) is 4.22. The first-order chi connectivity index (χ1) is 14.7. The largest absolute Gasteiger partial charge is 0.336 e. The van der Waals surface area contributed by atoms with Crippen molar-refractivity contribution in [3.8, 4) is 0 Å². The normalized spacial score (nSPS) is 16.7. The molecule has 0 radical (unpaired) electrons. The Kier molecular flexibility index (Phi) is 6.83. The van der Waals surface area contributed by atoms with Gasteiger partial charge in [-0.2, -0.15) is 0 Å². The van der Waals surface area contributed by atoms with E-state index in [4.69, 9.17) is 0 Å². The highest BCUT2D eigenvalue weighted by Crippen LogP contribution is 2.26. The van der Waals surface area contributed by atoms with E-state index in [1.165, 1.54) is 23.1 Å². The summed E-state index contributed by atoms with van der Waals surface area (Å²) in [6, 6.07) is 18.6. The first-order valence-corrected chi connectivity index (χ1v) is 11.4. The fourth-order valence-corrected chi connectivity index (χ4v) is 4.76. The smallest absolute Gasteiger partial charge is 0.242 e. The van der Waals surface area contributed by atoms with Gasteiger partial charge in [0.05, 0.1) is 6.54 Å². The Balaban J connectivity index is 1.43. The number of rotatable bonds is 6. The van der Waals surface area contributed by atoms with E-state index in [0.717, 1.165) is 45.1 Å². The lowest BCUT2D eigenvalue weighted by Crippen LogP contribution is -2.47. The molecular weight excluding hydrogens is 372 g/mol. The molecule has 4 rings (SSSR count). The van der Waals surface area contributed by atoms with E-state index in [2.05, 4.69) is 30.3 Å². The third-order valence-corrected chi connectivity index (χ3v) is 6.59. The van der Waals surface area contributed by atoms with Crippen molar-refractivity contribution in [2.75, 3.05) is 19.6 Å². The van der Waals surface area contributed by atoms with Crippen molar-refractivity contribution >= 4 is 11.8 Å². The number of hydrogen-bond donors (Lipinski definition) is 0. The van der Waals surface area contributed by atoms with Gasteiger partial charge in [0, 0.05) is 25.6 Å². The summed E-state index contributed by atoms with van der Waals surface area (Å²) in [5, 5.41) is 0. The molecule has 1 aliphatic heterocycles. The summed E-state index contributed by atoms with van der Waals surface area (Å²) in [7, 11) is 0. The van der Waals surface area contributed by atoms with Crippen LogP contribution in [0.3, 0.4) is 0 Å². The molecule has 2 amide bonds. The maximum atomic E-state index is 13.3. The molecule has 30 heavy (non-hydrogen) atoms. The zero-order valence-electron chi connectivity index (χ0n) is 17.8. The van der Waals surface area contributed by atoms with Crippen LogP contribution in [0.1, 0.15) is 48.8 Å². The summed E-state index contributed by atoms with van der Waals surface area (Å²) in [6.07, 6.45) is 7.08. The van der Waals surface area contributed by atoms with Gasteiger partial charge >= 0.3 is 0 Å². The number of hydrogen-bond acceptors (Lipinski definition) is 2. The van der Waals surface area contributed by atoms with E-state index in [-0.39, 0.29) is 24.3 Å². The Labute approximate surface area is 179 Å². The lowest BCUT2D eigenvalue weighted by molar-refractivity contribution is -0.144. The van der Waals surface area contributed by atoms with Gasteiger partial charge in [0.25, 0.3) is 0 Å². The van der Waals surface area contributed by atoms with Gasteiger partial charge in [-0.15, -0.1) is 0 Å². The molecule has 4 nitrogen and oxygen atoms in total. The van der Waals surface area contributed by atoms with E-state index in [1.54, 1.807) is 0 Å². The molecule has 2 aliphatic rings. The molecule has 2 aromatic carbocycles. The third-order valence-electron chi connectivity index (χ3n) is 6.59. The van der Waals surface area contributed by atoms with Crippen LogP contribution in [-0.2, 0) is 29.0 Å². The first-order valence-electron chi connectivity index (χ1n) is 11.4. The molecule has 0 N–H and O–H groups in total. The molecule has 1 saturated carbocycles. The Morgan fingerprint density at radius 3 is 2.37 bits per heavy atom. The monoisotopic (exact) mass is 404 g/mol. The zero-order chi connectivity index (χ0) is 20.8. The molecule has 4 heteroatoms. The molecule has 0 atom stereocenters. The van der Waals surface area contributed by atoms with Gasteiger partial charge in [-0.25, -0.2) is 0 Å². The summed E-state index contributed by atoms with van der Waals surface area (Å²) in [4.78, 5) is 30.2. The van der Waals surface area contributed by atoms with Crippen molar-refractivity contribution < 1.29 is 9.59 Å². The summed E-state index contributed by atoms with van der Waals surface area (Å²) in [5.41, 5.74) is 3.77. The molecule has 158 valence electrons. The maximum absolute atomic E-state index is 13.3. The standard InChI is InChI=1S/C26H32N2O2/c29-25(27-18-16-22-11-7-8-14-24(22)19-27)20-28(17-15-21-9-3-1-4-10-21)26(30)23-12-5-2-6-13-23/h1,3-4,7-11,14,23H,2,5-6,12-13,15-20H2. The Morgan fingerprint density at radius 2 is 1.60 bits per heavy atom. The van der Waals surface area contributed by atoms with Gasteiger partial charge < -0.3 is 9.80 Å². The first kappa shape index (κ1) is 20.6. The number of carbonyl (C=O) groups excluding carboxylic acids is 2. The van der Waals surface area contributed by atoms with Crippen molar-refractivity contribution in [3.63, 3.8) is 0 Å². The fraction of sp³-hybridized carbons (Fsp3) is 0.462. The van der Waals surface area contributed by atoms with E-state index in [9.17, 15) is 9.59 Å². The van der Waals surface area contributed by atoms with Crippen LogP contribution in [0.5, 0.6) is 0 Å². The van der Waals surface area contributed by atoms with Crippen LogP contribution >= 0.6 is 0 Å². The Hall–Kier alpha value is -2.62. The van der Waals surface area contributed by atoms with Crippen LogP contribution in [0, 0.1) is 5.92 Å². The van der Waals surface area contributed by atoms with Crippen molar-refractivity contribution in [2.45, 2.75) is 51.5 Å². The van der Waals surface area contributed by atoms with Crippen molar-refractivity contribution in [1.29, 1.82) is 0 Å². The average Bonchev–Trinajstić information content (AvgIpc) is 2.82. The van der Waals surface area contributed by atoms with Crippen molar-refractivity contribution in [3.05, 3.63) is 71.3 Å². The Morgan fingerprint density at radius 1 is 0.900 bits per heavy atom. The van der Waals surface area contributed by atoms with Crippen LogP contribution < -0.4 is 0 Å². The van der Waals surface area contributed by atoms with Gasteiger partial charge in [0.2, 0.25) is 11.8 Å². The molecule has 0 aromatic heterocycles. The predicted molar refractivity (Wildman–Crippen MR) is 119 cm³/mol. The molecule has 0 spiro atoms. The SMILES string of the molecule is O=C(CN(CCc1ccccc1)C(=O)C1CCCCC1)N1CCc2ccccc2C1. The molecule has 1 aliphatic carbocycles. The average molecular weight is 405 g/mol. The van der Waals surface area contributed by atoms with Crippen LogP contribution in [0.4, 0.5) is 0 Å². The lowest BCUT2D eigenvalue weighted by atomic mass is 9.88. The highest BCUT2D eigenvalue weighted by Gasteiger charge is 2.29. The second-order valence-corrected chi connectivity index (χ2v) is 8.66. The van der Waals surface area contributed by atoms with Gasteiger partial charge in [0.1, 0.15) is 0 Å². The molecule has 1 fully saturated rings. The van der Waals surface area contributed by atoms with E-state index < -0.39 is 0 Å². The van der Waals surface area contributed by atoms with E-state index >= 15 is 0 Å². The van der Waals surface area contributed by atoms with E-state index in [0.29, 0.717) is 13.1 Å². The quantitative estimate of drug-likeness (QED) is 0.723. The van der Waals surface area contributed by atoms with Crippen LogP contribution in [0.2, 0.25) is 0 Å². The summed E-state index contributed by atoms with van der Waals surface area (Å²) in [6.45, 7) is 2.19. The van der Waals surface area contributed by atoms with Crippen molar-refractivity contribution in [2.24, 2.45) is 5.92 Å². The van der Waals surface area contributed by atoms with Crippen LogP contribution in [0.25, 0.3) is 0 Å². The van der Waals surface area contributed by atoms with Gasteiger partial charge in [-0.1, -0.05) is 73.9 Å². The molecular formula is C26H32N2O2. The minimum Gasteiger partial charge on any atom is -0.336 e. The van der Waals surface area contributed by atoms with Gasteiger partial charge in [-0.3, -0.25) is 9.59 Å². The zero-order valence-corrected chi connectivity index (χ0v) is 17.8. The van der Waals surface area contributed by atoms with Gasteiger partial charge in [-0.05, 0) is 42.4 Å². The molecule has 0 bridgehead atoms. The van der Waals surface area contributed by atoms with Crippen molar-refractivity contribution in [1.82, 2.24) is 9.80 Å². The molecule has 0 saturated heterocycles. The summed E-state index contributed by atoms with van der Waals surface area (Å²) >= 11 is 0. The third kappa shape index (κ3) is 5.10. The van der Waals surface area contributed by atoms with Gasteiger partial charge in [0.15, 0.2) is 0 Å².